The maximum Gasteiger partial charge on any atom is 0.0619 e. The fourth-order valence-corrected chi connectivity index (χ4v) is 8.21. The third kappa shape index (κ3) is 3.12. The Hall–Kier alpha value is -4.88. The van der Waals surface area contributed by atoms with Crippen molar-refractivity contribution in [3.05, 3.63) is 137 Å². The van der Waals surface area contributed by atoms with Crippen molar-refractivity contribution in [2.75, 3.05) is 4.90 Å². The van der Waals surface area contributed by atoms with Crippen molar-refractivity contribution in [1.82, 2.24) is 0 Å². The van der Waals surface area contributed by atoms with Crippen molar-refractivity contribution in [2.45, 2.75) is 40.0 Å². The van der Waals surface area contributed by atoms with Crippen LogP contribution in [0, 0.1) is 20.8 Å². The van der Waals surface area contributed by atoms with Crippen LogP contribution in [0.1, 0.15) is 41.7 Å². The predicted octanol–water partition coefficient (Wildman–Crippen LogP) is 11.9. The lowest BCUT2D eigenvalue weighted by Crippen LogP contribution is -2.23. The Morgan fingerprint density at radius 1 is 0.488 bits per heavy atom. The van der Waals surface area contributed by atoms with Gasteiger partial charge in [0, 0.05) is 32.9 Å². The molecule has 0 unspecified atom stereocenters. The lowest BCUT2D eigenvalue weighted by molar-refractivity contribution is 0.652. The monoisotopic (exact) mass is 551 g/mol. The SMILES string of the molecule is Cc1ccc(N(c2ccc(C)cc2C)c2c3cccc4c3c3c5c(ccc6cccc(c7cccc2c73)c65)C4(C)C)cc1. The summed E-state index contributed by atoms with van der Waals surface area (Å²) in [5.74, 6) is 0. The number of rotatable bonds is 3. The van der Waals surface area contributed by atoms with Crippen LogP contribution in [0.4, 0.5) is 17.1 Å². The second-order valence-corrected chi connectivity index (χ2v) is 13.2. The van der Waals surface area contributed by atoms with Crippen molar-refractivity contribution in [1.29, 1.82) is 0 Å². The molecule has 8 aromatic rings. The highest BCUT2D eigenvalue weighted by Gasteiger charge is 2.35. The number of nitrogens with zero attached hydrogens (tertiary/aromatic N) is 1. The first-order valence-electron chi connectivity index (χ1n) is 15.4. The molecule has 9 rings (SSSR count). The van der Waals surface area contributed by atoms with Gasteiger partial charge in [-0.3, -0.25) is 0 Å². The van der Waals surface area contributed by atoms with E-state index < -0.39 is 0 Å². The third-order valence-corrected chi connectivity index (χ3v) is 10.2. The highest BCUT2D eigenvalue weighted by Crippen LogP contribution is 2.57. The van der Waals surface area contributed by atoms with Gasteiger partial charge in [0.05, 0.1) is 5.69 Å². The van der Waals surface area contributed by atoms with E-state index in [2.05, 4.69) is 149 Å². The van der Waals surface area contributed by atoms with Crippen molar-refractivity contribution < 1.29 is 0 Å². The average Bonchev–Trinajstić information content (AvgIpc) is 3.01. The molecule has 1 nitrogen and oxygen atoms in total. The van der Waals surface area contributed by atoms with Crippen LogP contribution in [0.2, 0.25) is 0 Å². The number of hydrogen-bond acceptors (Lipinski definition) is 1. The van der Waals surface area contributed by atoms with E-state index in [1.165, 1.54) is 98.7 Å². The Morgan fingerprint density at radius 2 is 1.12 bits per heavy atom. The van der Waals surface area contributed by atoms with Crippen LogP contribution in [0.25, 0.3) is 53.9 Å². The van der Waals surface area contributed by atoms with Crippen molar-refractivity contribution in [3.8, 4) is 0 Å². The molecule has 0 saturated heterocycles. The van der Waals surface area contributed by atoms with Gasteiger partial charge in [0.1, 0.15) is 0 Å². The molecule has 1 heteroatoms. The summed E-state index contributed by atoms with van der Waals surface area (Å²) in [6.07, 6.45) is 0. The number of hydrogen-bond donors (Lipinski definition) is 0. The highest BCUT2D eigenvalue weighted by atomic mass is 15.1. The average molecular weight is 552 g/mol. The topological polar surface area (TPSA) is 3.24 Å². The normalized spacial score (nSPS) is 13.9. The van der Waals surface area contributed by atoms with Crippen LogP contribution < -0.4 is 4.90 Å². The largest absolute Gasteiger partial charge is 0.309 e. The second kappa shape index (κ2) is 8.36. The summed E-state index contributed by atoms with van der Waals surface area (Å²) >= 11 is 0. The lowest BCUT2D eigenvalue weighted by Gasteiger charge is -2.37. The van der Waals surface area contributed by atoms with Gasteiger partial charge in [-0.05, 0) is 93.4 Å². The minimum Gasteiger partial charge on any atom is -0.309 e. The molecule has 8 aromatic carbocycles. The summed E-state index contributed by atoms with van der Waals surface area (Å²) in [5, 5.41) is 13.7. The van der Waals surface area contributed by atoms with Crippen LogP contribution in [-0.2, 0) is 5.41 Å². The number of fused-ring (bicyclic) bond motifs is 1. The summed E-state index contributed by atoms with van der Waals surface area (Å²) in [6, 6.07) is 41.4. The van der Waals surface area contributed by atoms with Crippen molar-refractivity contribution in [2.24, 2.45) is 0 Å². The zero-order valence-electron chi connectivity index (χ0n) is 25.3. The van der Waals surface area contributed by atoms with Crippen LogP contribution >= 0.6 is 0 Å². The Labute approximate surface area is 252 Å². The van der Waals surface area contributed by atoms with Crippen molar-refractivity contribution in [3.63, 3.8) is 0 Å². The maximum atomic E-state index is 2.53. The first kappa shape index (κ1) is 24.7. The van der Waals surface area contributed by atoms with E-state index in [0.29, 0.717) is 0 Å². The van der Waals surface area contributed by atoms with Gasteiger partial charge in [0.15, 0.2) is 0 Å². The molecule has 0 aliphatic heterocycles. The van der Waals surface area contributed by atoms with Gasteiger partial charge in [0.2, 0.25) is 0 Å². The molecule has 0 aromatic heterocycles. The van der Waals surface area contributed by atoms with E-state index in [1.54, 1.807) is 0 Å². The summed E-state index contributed by atoms with van der Waals surface area (Å²) < 4.78 is 0. The summed E-state index contributed by atoms with van der Waals surface area (Å²) in [6.45, 7) is 11.4. The Balaban J connectivity index is 1.58. The van der Waals surface area contributed by atoms with E-state index in [-0.39, 0.29) is 5.41 Å². The smallest absolute Gasteiger partial charge is 0.0619 e. The highest BCUT2D eigenvalue weighted by molar-refractivity contribution is 6.42. The molecule has 1 aliphatic rings. The first-order chi connectivity index (χ1) is 20.8. The van der Waals surface area contributed by atoms with Gasteiger partial charge < -0.3 is 4.90 Å². The molecule has 0 spiro atoms. The molecule has 43 heavy (non-hydrogen) atoms. The van der Waals surface area contributed by atoms with Crippen LogP contribution in [0.3, 0.4) is 0 Å². The van der Waals surface area contributed by atoms with E-state index in [0.717, 1.165) is 0 Å². The zero-order chi connectivity index (χ0) is 29.2. The number of benzene rings is 8. The molecule has 0 heterocycles. The quantitative estimate of drug-likeness (QED) is 0.156. The molecule has 0 amide bonds. The van der Waals surface area contributed by atoms with Gasteiger partial charge in [-0.25, -0.2) is 0 Å². The lowest BCUT2D eigenvalue weighted by atomic mass is 9.68. The standard InChI is InChI=1S/C42H33N/c1-24-15-19-28(20-16-24)43(35-22-17-25(2)23-26(35)3)41-31-12-7-11-30-29-10-6-9-27-18-21-34-39(36(27)29)40(37(30)31)38-32(41)13-8-14-33(38)42(34,4)5/h6-23H,1-5H3. The molecule has 0 atom stereocenters. The van der Waals surface area contributed by atoms with E-state index in [9.17, 15) is 0 Å². The molecule has 206 valence electrons. The minimum atomic E-state index is -0.130. The molecular weight excluding hydrogens is 518 g/mol. The molecule has 0 radical (unpaired) electrons. The van der Waals surface area contributed by atoms with E-state index in [4.69, 9.17) is 0 Å². The summed E-state index contributed by atoms with van der Waals surface area (Å²) in [7, 11) is 0. The minimum absolute atomic E-state index is 0.130. The first-order valence-corrected chi connectivity index (χ1v) is 15.4. The Kier molecular flexibility index (Phi) is 4.80. The van der Waals surface area contributed by atoms with Gasteiger partial charge in [0.25, 0.3) is 0 Å². The molecular formula is C42H33N. The van der Waals surface area contributed by atoms with Crippen LogP contribution in [-0.4, -0.2) is 0 Å². The molecule has 0 saturated carbocycles. The molecule has 0 fully saturated rings. The van der Waals surface area contributed by atoms with Gasteiger partial charge in [-0.2, -0.15) is 0 Å². The fraction of sp³-hybridized carbons (Fsp3) is 0.143. The zero-order valence-corrected chi connectivity index (χ0v) is 25.3. The van der Waals surface area contributed by atoms with Gasteiger partial charge in [-0.1, -0.05) is 116 Å². The van der Waals surface area contributed by atoms with E-state index in [1.807, 2.05) is 0 Å². The maximum absolute atomic E-state index is 2.53. The third-order valence-electron chi connectivity index (χ3n) is 10.2. The van der Waals surface area contributed by atoms with E-state index >= 15 is 0 Å². The molecule has 0 bridgehead atoms. The second-order valence-electron chi connectivity index (χ2n) is 13.2. The molecule has 0 N–H and O–H groups in total. The number of aryl methyl sites for hydroxylation is 3. The molecule has 1 aliphatic carbocycles. The van der Waals surface area contributed by atoms with Gasteiger partial charge in [-0.15, -0.1) is 0 Å². The fourth-order valence-electron chi connectivity index (χ4n) is 8.21. The number of anilines is 3. The Bertz CT molecular complexity index is 2440. The summed E-state index contributed by atoms with van der Waals surface area (Å²) in [4.78, 5) is 2.53. The summed E-state index contributed by atoms with van der Waals surface area (Å²) in [5.41, 5.74) is 10.2. The van der Waals surface area contributed by atoms with Gasteiger partial charge >= 0.3 is 0 Å². The van der Waals surface area contributed by atoms with Crippen molar-refractivity contribution >= 4 is 70.9 Å². The van der Waals surface area contributed by atoms with Crippen LogP contribution in [0.5, 0.6) is 0 Å². The Morgan fingerprint density at radius 3 is 1.88 bits per heavy atom. The predicted molar refractivity (Wildman–Crippen MR) is 186 cm³/mol. The van der Waals surface area contributed by atoms with Crippen LogP contribution in [0.15, 0.2) is 109 Å².